The van der Waals surface area contributed by atoms with Gasteiger partial charge >= 0.3 is 0 Å². The molecule has 0 unspecified atom stereocenters. The molecule has 0 N–H and O–H groups in total. The number of aryl methyl sites for hydroxylation is 1. The van der Waals surface area contributed by atoms with Crippen molar-refractivity contribution in [3.63, 3.8) is 0 Å². The van der Waals surface area contributed by atoms with Crippen LogP contribution in [0.1, 0.15) is 62.5 Å². The van der Waals surface area contributed by atoms with Gasteiger partial charge in [0.2, 0.25) is 0 Å². The van der Waals surface area contributed by atoms with Gasteiger partial charge in [-0.05, 0) is 80.0 Å². The molecule has 0 aliphatic heterocycles. The summed E-state index contributed by atoms with van der Waals surface area (Å²) >= 11 is 0. The average molecular weight is 319 g/mol. The molecule has 0 spiro atoms. The lowest BCUT2D eigenvalue weighted by Crippen LogP contribution is -2.04. The van der Waals surface area contributed by atoms with E-state index in [2.05, 4.69) is 49.9 Å². The van der Waals surface area contributed by atoms with Gasteiger partial charge in [0.25, 0.3) is 0 Å². The molecule has 0 aromatic heterocycles. The van der Waals surface area contributed by atoms with Crippen molar-refractivity contribution in [3.05, 3.63) is 71.8 Å². The molecule has 125 valence electrons. The van der Waals surface area contributed by atoms with E-state index in [0.717, 1.165) is 24.3 Å². The van der Waals surface area contributed by atoms with Crippen LogP contribution in [0.25, 0.3) is 0 Å². The summed E-state index contributed by atoms with van der Waals surface area (Å²) in [6.07, 6.45) is 8.75. The Labute approximate surface area is 146 Å². The first-order valence-electron chi connectivity index (χ1n) is 9.13. The second-order valence-electron chi connectivity index (χ2n) is 7.02. The molecule has 1 nitrogen and oxygen atoms in total. The first-order valence-corrected chi connectivity index (χ1v) is 9.13. The van der Waals surface area contributed by atoms with Crippen LogP contribution in [0.5, 0.6) is 11.5 Å². The van der Waals surface area contributed by atoms with E-state index in [4.69, 9.17) is 4.74 Å². The molecule has 1 aliphatic rings. The van der Waals surface area contributed by atoms with Gasteiger partial charge in [-0.3, -0.25) is 0 Å². The Balaban J connectivity index is 1.63. The molecule has 0 amide bonds. The van der Waals surface area contributed by atoms with Crippen molar-refractivity contribution in [1.82, 2.24) is 0 Å². The van der Waals surface area contributed by atoms with E-state index in [1.54, 1.807) is 0 Å². The molecule has 1 heteroatoms. The second kappa shape index (κ2) is 8.19. The van der Waals surface area contributed by atoms with Crippen molar-refractivity contribution in [2.24, 2.45) is 0 Å². The molecular formula is C23H27O. The zero-order valence-electron chi connectivity index (χ0n) is 14.7. The van der Waals surface area contributed by atoms with Gasteiger partial charge in [0.05, 0.1) is 0 Å². The number of ether oxygens (including phenoxy) is 1. The number of hydrogen-bond donors (Lipinski definition) is 0. The van der Waals surface area contributed by atoms with Gasteiger partial charge in [-0.1, -0.05) is 43.0 Å². The lowest BCUT2D eigenvalue weighted by molar-refractivity contribution is 0.442. The third kappa shape index (κ3) is 4.74. The number of rotatable bonds is 6. The van der Waals surface area contributed by atoms with E-state index in [-0.39, 0.29) is 0 Å². The third-order valence-electron chi connectivity index (χ3n) is 4.83. The largest absolute Gasteiger partial charge is 0.457 e. The summed E-state index contributed by atoms with van der Waals surface area (Å²) in [6, 6.07) is 18.1. The predicted octanol–water partition coefficient (Wildman–Crippen LogP) is 6.84. The van der Waals surface area contributed by atoms with Crippen LogP contribution in [0.4, 0.5) is 0 Å². The Morgan fingerprint density at radius 3 is 2.67 bits per heavy atom. The van der Waals surface area contributed by atoms with Gasteiger partial charge in [0.15, 0.2) is 0 Å². The third-order valence-corrected chi connectivity index (χ3v) is 4.83. The van der Waals surface area contributed by atoms with E-state index in [1.807, 2.05) is 12.1 Å². The normalized spacial score (nSPS) is 15.2. The van der Waals surface area contributed by atoms with Crippen LogP contribution in [0.2, 0.25) is 0 Å². The number of allylic oxidation sites excluding steroid dienone is 1. The predicted molar refractivity (Wildman–Crippen MR) is 101 cm³/mol. The molecule has 1 aliphatic carbocycles. The Kier molecular flexibility index (Phi) is 5.74. The summed E-state index contributed by atoms with van der Waals surface area (Å²) in [6.45, 7) is 6.05. The Hall–Kier alpha value is -2.02. The molecule has 0 bridgehead atoms. The van der Waals surface area contributed by atoms with Crippen molar-refractivity contribution < 1.29 is 4.74 Å². The Bertz CT molecular complexity index is 663. The fourth-order valence-corrected chi connectivity index (χ4v) is 3.41. The fourth-order valence-electron chi connectivity index (χ4n) is 3.41. The van der Waals surface area contributed by atoms with Crippen molar-refractivity contribution in [1.29, 1.82) is 0 Å². The van der Waals surface area contributed by atoms with E-state index >= 15 is 0 Å². The first-order chi connectivity index (χ1) is 11.7. The summed E-state index contributed by atoms with van der Waals surface area (Å²) < 4.78 is 6.01. The van der Waals surface area contributed by atoms with Gasteiger partial charge in [-0.2, -0.15) is 0 Å². The van der Waals surface area contributed by atoms with Gasteiger partial charge < -0.3 is 4.74 Å². The molecule has 1 radical (unpaired) electrons. The Morgan fingerprint density at radius 2 is 1.96 bits per heavy atom. The minimum absolute atomic E-state index is 0.693. The summed E-state index contributed by atoms with van der Waals surface area (Å²) in [5, 5.41) is 0. The van der Waals surface area contributed by atoms with E-state index < -0.39 is 0 Å². The molecule has 0 heterocycles. The summed E-state index contributed by atoms with van der Waals surface area (Å²) in [4.78, 5) is 0. The zero-order valence-corrected chi connectivity index (χ0v) is 14.7. The molecule has 24 heavy (non-hydrogen) atoms. The summed E-state index contributed by atoms with van der Waals surface area (Å²) in [5.74, 6) is 2.46. The fraction of sp³-hybridized carbons (Fsp3) is 0.391. The van der Waals surface area contributed by atoms with Gasteiger partial charge in [-0.25, -0.2) is 0 Å². The SMILES string of the molecule is C=C(C)CCc1cccc(Oc2c[c]c(C3CCCCC3)cc2)c1. The monoisotopic (exact) mass is 319 g/mol. The molecule has 0 atom stereocenters. The van der Waals surface area contributed by atoms with E-state index in [1.165, 1.54) is 48.8 Å². The second-order valence-corrected chi connectivity index (χ2v) is 7.02. The highest BCUT2D eigenvalue weighted by atomic mass is 16.5. The molecule has 2 aromatic carbocycles. The quantitative estimate of drug-likeness (QED) is 0.530. The van der Waals surface area contributed by atoms with Crippen LogP contribution < -0.4 is 4.74 Å². The molecule has 0 saturated heterocycles. The lowest BCUT2D eigenvalue weighted by Gasteiger charge is -2.21. The molecule has 3 rings (SSSR count). The number of benzene rings is 2. The van der Waals surface area contributed by atoms with Crippen LogP contribution in [-0.2, 0) is 6.42 Å². The van der Waals surface area contributed by atoms with Crippen molar-refractivity contribution in [2.45, 2.75) is 57.8 Å². The van der Waals surface area contributed by atoms with Gasteiger partial charge in [-0.15, -0.1) is 6.58 Å². The molecule has 1 fully saturated rings. The summed E-state index contributed by atoms with van der Waals surface area (Å²) in [7, 11) is 0. The standard InChI is InChI=1S/C23H27O/c1-18(2)11-12-19-7-6-10-23(17-19)24-22-15-13-21(14-16-22)20-8-4-3-5-9-20/h6-7,10,13,15-17,20H,1,3-5,8-9,11-12H2,2H3. The molecule has 1 saturated carbocycles. The maximum Gasteiger partial charge on any atom is 0.128 e. The zero-order chi connectivity index (χ0) is 16.8. The highest BCUT2D eigenvalue weighted by molar-refractivity contribution is 5.35. The summed E-state index contributed by atoms with van der Waals surface area (Å²) in [5.41, 5.74) is 3.85. The van der Waals surface area contributed by atoms with Crippen LogP contribution in [0.15, 0.2) is 54.6 Å². The van der Waals surface area contributed by atoms with Gasteiger partial charge in [0, 0.05) is 0 Å². The molecule has 2 aromatic rings. The Morgan fingerprint density at radius 1 is 1.12 bits per heavy atom. The maximum atomic E-state index is 6.01. The van der Waals surface area contributed by atoms with Crippen molar-refractivity contribution >= 4 is 0 Å². The highest BCUT2D eigenvalue weighted by Crippen LogP contribution is 2.33. The molecular weight excluding hydrogens is 292 g/mol. The average Bonchev–Trinajstić information content (AvgIpc) is 2.62. The first kappa shape index (κ1) is 16.8. The van der Waals surface area contributed by atoms with Crippen LogP contribution >= 0.6 is 0 Å². The van der Waals surface area contributed by atoms with Crippen LogP contribution in [0.3, 0.4) is 0 Å². The van der Waals surface area contributed by atoms with Gasteiger partial charge in [0.1, 0.15) is 11.5 Å². The lowest BCUT2D eigenvalue weighted by atomic mass is 9.84. The smallest absolute Gasteiger partial charge is 0.128 e. The van der Waals surface area contributed by atoms with Crippen molar-refractivity contribution in [2.75, 3.05) is 0 Å². The van der Waals surface area contributed by atoms with Crippen molar-refractivity contribution in [3.8, 4) is 11.5 Å². The minimum Gasteiger partial charge on any atom is -0.457 e. The van der Waals surface area contributed by atoms with Crippen LogP contribution in [0, 0.1) is 6.07 Å². The topological polar surface area (TPSA) is 9.23 Å². The van der Waals surface area contributed by atoms with Crippen LogP contribution in [-0.4, -0.2) is 0 Å². The highest BCUT2D eigenvalue weighted by Gasteiger charge is 2.15. The minimum atomic E-state index is 0.693. The number of hydrogen-bond acceptors (Lipinski definition) is 1. The van der Waals surface area contributed by atoms with E-state index in [0.29, 0.717) is 5.92 Å². The van der Waals surface area contributed by atoms with E-state index in [9.17, 15) is 0 Å². The maximum absolute atomic E-state index is 6.01.